The molecule has 32 heavy (non-hydrogen) atoms. The Bertz CT molecular complexity index is 1230. The third-order valence-corrected chi connectivity index (χ3v) is 9.46. The van der Waals surface area contributed by atoms with Gasteiger partial charge in [-0.05, 0) is 31.7 Å². The van der Waals surface area contributed by atoms with Crippen molar-refractivity contribution in [3.8, 4) is 10.6 Å². The van der Waals surface area contributed by atoms with Crippen LogP contribution >= 0.6 is 11.3 Å². The molecule has 4 heterocycles. The summed E-state index contributed by atoms with van der Waals surface area (Å²) in [6, 6.07) is -0.689. The number of carbonyl (C=O) groups excluding carboxylic acids is 1. The number of anilines is 1. The highest BCUT2D eigenvalue weighted by atomic mass is 32.2. The van der Waals surface area contributed by atoms with E-state index in [2.05, 4.69) is 15.3 Å². The molecule has 0 radical (unpaired) electrons. The van der Waals surface area contributed by atoms with E-state index in [0.717, 1.165) is 34.5 Å². The molecule has 2 fully saturated rings. The van der Waals surface area contributed by atoms with E-state index in [4.69, 9.17) is 0 Å². The zero-order chi connectivity index (χ0) is 23.0. The maximum absolute atomic E-state index is 14.7. The Morgan fingerprint density at radius 3 is 2.69 bits per heavy atom. The van der Waals surface area contributed by atoms with Gasteiger partial charge < -0.3 is 10.2 Å². The van der Waals surface area contributed by atoms with Crippen molar-refractivity contribution in [2.75, 3.05) is 31.7 Å². The van der Waals surface area contributed by atoms with E-state index in [1.165, 1.54) is 11.3 Å². The highest BCUT2D eigenvalue weighted by Gasteiger charge is 2.58. The van der Waals surface area contributed by atoms with E-state index in [-0.39, 0.29) is 42.6 Å². The fraction of sp³-hybridized carbons (Fsp3) is 0.550. The Morgan fingerprint density at radius 2 is 2.06 bits per heavy atom. The predicted octanol–water partition coefficient (Wildman–Crippen LogP) is 2.51. The minimum atomic E-state index is -3.46. The van der Waals surface area contributed by atoms with Crippen molar-refractivity contribution in [3.05, 3.63) is 28.0 Å². The fourth-order valence-corrected chi connectivity index (χ4v) is 7.05. The molecule has 5 rings (SSSR count). The number of hydrogen-bond acceptors (Lipinski definition) is 7. The number of aromatic nitrogens is 2. The lowest BCUT2D eigenvalue weighted by Crippen LogP contribution is -2.49. The lowest BCUT2D eigenvalue weighted by Gasteiger charge is -2.33. The van der Waals surface area contributed by atoms with E-state index in [0.29, 0.717) is 16.0 Å². The molecule has 2 aromatic heterocycles. The summed E-state index contributed by atoms with van der Waals surface area (Å²) in [6.45, 7) is 1.73. The molecule has 1 spiro atoms. The van der Waals surface area contributed by atoms with Crippen LogP contribution in [0.25, 0.3) is 10.6 Å². The minimum absolute atomic E-state index is 0.0526. The lowest BCUT2D eigenvalue weighted by molar-refractivity contribution is 0.0755. The first-order chi connectivity index (χ1) is 15.0. The smallest absolute Gasteiger partial charge is 0.255 e. The third-order valence-electron chi connectivity index (χ3n) is 6.70. The second kappa shape index (κ2) is 7.16. The van der Waals surface area contributed by atoms with Crippen molar-refractivity contribution < 1.29 is 22.0 Å². The van der Waals surface area contributed by atoms with Crippen LogP contribution in [0.5, 0.6) is 0 Å². The second-order valence-corrected chi connectivity index (χ2v) is 11.7. The number of halogens is 2. The molecule has 2 aromatic rings. The van der Waals surface area contributed by atoms with Crippen LogP contribution in [0.15, 0.2) is 6.20 Å². The van der Waals surface area contributed by atoms with Crippen LogP contribution in [0.2, 0.25) is 0 Å². The van der Waals surface area contributed by atoms with Crippen LogP contribution in [0, 0.1) is 12.7 Å². The number of rotatable bonds is 4. The number of amides is 1. The Morgan fingerprint density at radius 1 is 1.34 bits per heavy atom. The third kappa shape index (κ3) is 3.22. The van der Waals surface area contributed by atoms with E-state index in [9.17, 15) is 22.0 Å². The van der Waals surface area contributed by atoms with Gasteiger partial charge in [0.1, 0.15) is 11.9 Å². The largest absolute Gasteiger partial charge is 0.348 e. The van der Waals surface area contributed by atoms with Crippen LogP contribution in [0.4, 0.5) is 14.7 Å². The number of nitrogens with zero attached hydrogens (tertiary/aromatic N) is 4. The standard InChI is InChI=1S/C20H23F2N5O3S2/c1-10-14-17(20(5-6-20)26(2)18(14)28)31-16(10)15-11(21)8-23-19(25-15)24-13-4-7-27(9-12(13)22)32(3,29)30/h8,12-13H,4-7,9H2,1-3H3,(H,23,24,25)/t12-,13+/m1/s1. The summed E-state index contributed by atoms with van der Waals surface area (Å²) in [7, 11) is -1.66. The molecule has 1 aliphatic carbocycles. The van der Waals surface area contributed by atoms with Crippen molar-refractivity contribution in [1.82, 2.24) is 19.2 Å². The first-order valence-corrected chi connectivity index (χ1v) is 13.0. The highest BCUT2D eigenvalue weighted by Crippen LogP contribution is 2.60. The maximum atomic E-state index is 14.7. The molecule has 2 aliphatic heterocycles. The zero-order valence-corrected chi connectivity index (χ0v) is 19.5. The number of sulfonamides is 1. The summed E-state index contributed by atoms with van der Waals surface area (Å²) in [5.74, 6) is -0.601. The zero-order valence-electron chi connectivity index (χ0n) is 17.9. The second-order valence-electron chi connectivity index (χ2n) is 8.72. The molecule has 3 aliphatic rings. The van der Waals surface area contributed by atoms with Crippen molar-refractivity contribution in [2.24, 2.45) is 0 Å². The predicted molar refractivity (Wildman–Crippen MR) is 116 cm³/mol. The van der Waals surface area contributed by atoms with E-state index in [1.54, 1.807) is 18.9 Å². The topological polar surface area (TPSA) is 95.5 Å². The van der Waals surface area contributed by atoms with Crippen LogP contribution in [-0.2, 0) is 15.6 Å². The molecule has 12 heteroatoms. The maximum Gasteiger partial charge on any atom is 0.255 e. The molecule has 2 atom stereocenters. The molecular formula is C20H23F2N5O3S2. The average Bonchev–Trinajstić information content (AvgIpc) is 3.42. The van der Waals surface area contributed by atoms with Crippen LogP contribution < -0.4 is 5.32 Å². The Labute approximate surface area is 188 Å². The van der Waals surface area contributed by atoms with Gasteiger partial charge in [-0.1, -0.05) is 0 Å². The first kappa shape index (κ1) is 21.7. The van der Waals surface area contributed by atoms with Gasteiger partial charge in [0.15, 0.2) is 5.82 Å². The fourth-order valence-electron chi connectivity index (χ4n) is 4.62. The molecule has 0 bridgehead atoms. The molecule has 1 amide bonds. The van der Waals surface area contributed by atoms with Gasteiger partial charge in [0.05, 0.1) is 34.5 Å². The molecule has 0 aromatic carbocycles. The number of carbonyl (C=O) groups is 1. The summed E-state index contributed by atoms with van der Waals surface area (Å²) in [4.78, 5) is 24.4. The Balaban J connectivity index is 1.43. The number of fused-ring (bicyclic) bond motifs is 2. The van der Waals surface area contributed by atoms with Gasteiger partial charge in [0.25, 0.3) is 5.91 Å². The molecule has 1 saturated heterocycles. The van der Waals surface area contributed by atoms with Gasteiger partial charge in [-0.2, -0.15) is 4.31 Å². The molecule has 172 valence electrons. The number of thiophene rings is 1. The van der Waals surface area contributed by atoms with Crippen molar-refractivity contribution in [3.63, 3.8) is 0 Å². The van der Waals surface area contributed by atoms with Gasteiger partial charge >= 0.3 is 0 Å². The molecule has 1 saturated carbocycles. The number of alkyl halides is 1. The Kier molecular flexibility index (Phi) is 4.84. The summed E-state index contributed by atoms with van der Waals surface area (Å²) in [5, 5.41) is 2.90. The monoisotopic (exact) mass is 483 g/mol. The first-order valence-electron chi connectivity index (χ1n) is 10.3. The van der Waals surface area contributed by atoms with E-state index in [1.807, 2.05) is 0 Å². The van der Waals surface area contributed by atoms with E-state index >= 15 is 0 Å². The van der Waals surface area contributed by atoms with Crippen LogP contribution in [-0.4, -0.2) is 72.1 Å². The summed E-state index contributed by atoms with van der Waals surface area (Å²) in [5.41, 5.74) is 1.14. The van der Waals surface area contributed by atoms with Gasteiger partial charge in [-0.3, -0.25) is 4.79 Å². The van der Waals surface area contributed by atoms with Crippen molar-refractivity contribution in [1.29, 1.82) is 0 Å². The molecular weight excluding hydrogens is 460 g/mol. The number of piperidine rings is 1. The molecule has 0 unspecified atom stereocenters. The molecule has 1 N–H and O–H groups in total. The highest BCUT2D eigenvalue weighted by molar-refractivity contribution is 7.88. The minimum Gasteiger partial charge on any atom is -0.348 e. The normalized spacial score (nSPS) is 24.8. The van der Waals surface area contributed by atoms with Crippen LogP contribution in [0.1, 0.15) is 40.1 Å². The summed E-state index contributed by atoms with van der Waals surface area (Å²) < 4.78 is 53.8. The Hall–Kier alpha value is -2.18. The SMILES string of the molecule is Cc1c(-c2nc(N[C@H]3CCN(S(C)(=O)=O)C[C@H]3F)ncc2F)sc2c1C(=O)N(C)C21CC1. The van der Waals surface area contributed by atoms with Gasteiger partial charge in [0.2, 0.25) is 16.0 Å². The summed E-state index contributed by atoms with van der Waals surface area (Å²) in [6.07, 6.45) is 2.66. The van der Waals surface area contributed by atoms with Gasteiger partial charge in [-0.25, -0.2) is 27.2 Å². The van der Waals surface area contributed by atoms with Gasteiger partial charge in [-0.15, -0.1) is 11.3 Å². The van der Waals surface area contributed by atoms with Gasteiger partial charge in [0, 0.05) is 25.0 Å². The number of hydrogen-bond donors (Lipinski definition) is 1. The van der Waals surface area contributed by atoms with Crippen LogP contribution in [0.3, 0.4) is 0 Å². The van der Waals surface area contributed by atoms with Crippen molar-refractivity contribution >= 4 is 33.2 Å². The lowest BCUT2D eigenvalue weighted by atomic mass is 10.1. The van der Waals surface area contributed by atoms with E-state index < -0.39 is 28.1 Å². The molecule has 8 nitrogen and oxygen atoms in total. The average molecular weight is 484 g/mol. The number of nitrogens with one attached hydrogen (secondary N) is 1. The quantitative estimate of drug-likeness (QED) is 0.718. The van der Waals surface area contributed by atoms with Crippen molar-refractivity contribution in [2.45, 2.75) is 43.9 Å². The summed E-state index contributed by atoms with van der Waals surface area (Å²) >= 11 is 1.38.